The highest BCUT2D eigenvalue weighted by molar-refractivity contribution is 5.99. The van der Waals surface area contributed by atoms with Gasteiger partial charge in [-0.15, -0.1) is 0 Å². The van der Waals surface area contributed by atoms with E-state index in [1.54, 1.807) is 7.11 Å². The van der Waals surface area contributed by atoms with Crippen molar-refractivity contribution in [3.63, 3.8) is 0 Å². The molecule has 0 saturated carbocycles. The molecular formula is C16H24N4O. The van der Waals surface area contributed by atoms with Crippen LogP contribution in [-0.4, -0.2) is 49.7 Å². The highest BCUT2D eigenvalue weighted by atomic mass is 16.5. The fourth-order valence-electron chi connectivity index (χ4n) is 3.57. The maximum Gasteiger partial charge on any atom is 0.196 e. The first-order valence-electron chi connectivity index (χ1n) is 7.51. The molecule has 0 amide bonds. The highest BCUT2D eigenvalue weighted by Crippen LogP contribution is 2.41. The number of piperidine rings is 1. The second kappa shape index (κ2) is 5.22. The van der Waals surface area contributed by atoms with Crippen LogP contribution in [0.1, 0.15) is 19.8 Å². The summed E-state index contributed by atoms with van der Waals surface area (Å²) in [5.41, 5.74) is 7.24. The monoisotopic (exact) mass is 288 g/mol. The van der Waals surface area contributed by atoms with E-state index in [-0.39, 0.29) is 5.54 Å². The molecule has 1 fully saturated rings. The third-order valence-electron chi connectivity index (χ3n) is 4.92. The second-order valence-electron chi connectivity index (χ2n) is 6.19. The number of hydrogen-bond acceptors (Lipinski definition) is 5. The van der Waals surface area contributed by atoms with Gasteiger partial charge in [-0.1, -0.05) is 12.1 Å². The standard InChI is InChI=1S/C16H24N4O/c1-12-10-16(8-9-19(12)2)11-18-15(17)20(16)13-6-4-5-7-14(13)21-3/h4-7,12H,8-11H2,1-3H3,(H2,17,18). The molecule has 5 nitrogen and oxygen atoms in total. The molecule has 2 unspecified atom stereocenters. The summed E-state index contributed by atoms with van der Waals surface area (Å²) in [6.45, 7) is 4.11. The van der Waals surface area contributed by atoms with Gasteiger partial charge in [0, 0.05) is 12.6 Å². The molecule has 21 heavy (non-hydrogen) atoms. The normalized spacial score (nSPS) is 29.8. The van der Waals surface area contributed by atoms with Crippen LogP contribution in [0.2, 0.25) is 0 Å². The van der Waals surface area contributed by atoms with E-state index < -0.39 is 0 Å². The first kappa shape index (κ1) is 14.2. The van der Waals surface area contributed by atoms with Crippen LogP contribution < -0.4 is 15.4 Å². The minimum Gasteiger partial charge on any atom is -0.495 e. The Kier molecular flexibility index (Phi) is 3.53. The largest absolute Gasteiger partial charge is 0.495 e. The second-order valence-corrected chi connectivity index (χ2v) is 6.19. The van der Waals surface area contributed by atoms with Crippen molar-refractivity contribution in [2.45, 2.75) is 31.3 Å². The summed E-state index contributed by atoms with van der Waals surface area (Å²) in [5, 5.41) is 0. The molecule has 0 aliphatic carbocycles. The first-order chi connectivity index (χ1) is 10.1. The van der Waals surface area contributed by atoms with E-state index in [9.17, 15) is 0 Å². The van der Waals surface area contributed by atoms with Crippen molar-refractivity contribution in [2.75, 3.05) is 32.1 Å². The van der Waals surface area contributed by atoms with E-state index in [2.05, 4.69) is 34.8 Å². The topological polar surface area (TPSA) is 54.1 Å². The molecule has 2 heterocycles. The number of guanidine groups is 1. The number of nitrogens with two attached hydrogens (primary N) is 1. The zero-order valence-electron chi connectivity index (χ0n) is 13.0. The van der Waals surface area contributed by atoms with Gasteiger partial charge in [-0.25, -0.2) is 0 Å². The quantitative estimate of drug-likeness (QED) is 0.899. The first-order valence-corrected chi connectivity index (χ1v) is 7.51. The SMILES string of the molecule is COc1ccccc1N1C(N)=NCC12CCN(C)C(C)C2. The lowest BCUT2D eigenvalue weighted by Gasteiger charge is -2.47. The number of likely N-dealkylation sites (tertiary alicyclic amines) is 1. The van der Waals surface area contributed by atoms with E-state index in [4.69, 9.17) is 10.5 Å². The number of hydrogen-bond donors (Lipinski definition) is 1. The van der Waals surface area contributed by atoms with Crippen molar-refractivity contribution in [3.05, 3.63) is 24.3 Å². The number of methoxy groups -OCH3 is 1. The van der Waals surface area contributed by atoms with Crippen LogP contribution in [0.5, 0.6) is 5.75 Å². The van der Waals surface area contributed by atoms with Gasteiger partial charge in [-0.2, -0.15) is 0 Å². The smallest absolute Gasteiger partial charge is 0.196 e. The number of benzene rings is 1. The summed E-state index contributed by atoms with van der Waals surface area (Å²) in [7, 11) is 3.89. The van der Waals surface area contributed by atoms with Crippen molar-refractivity contribution >= 4 is 11.6 Å². The Balaban J connectivity index is 2.00. The summed E-state index contributed by atoms with van der Waals surface area (Å²) in [6, 6.07) is 8.58. The van der Waals surface area contributed by atoms with Crippen LogP contribution in [0.4, 0.5) is 5.69 Å². The molecule has 0 bridgehead atoms. The lowest BCUT2D eigenvalue weighted by molar-refractivity contribution is 0.141. The van der Waals surface area contributed by atoms with Gasteiger partial charge in [0.15, 0.2) is 5.96 Å². The molecule has 5 heteroatoms. The molecule has 0 radical (unpaired) electrons. The van der Waals surface area contributed by atoms with Crippen molar-refractivity contribution in [3.8, 4) is 5.75 Å². The maximum atomic E-state index is 6.23. The van der Waals surface area contributed by atoms with Gasteiger partial charge < -0.3 is 20.3 Å². The number of ether oxygens (including phenoxy) is 1. The van der Waals surface area contributed by atoms with Crippen molar-refractivity contribution in [1.29, 1.82) is 0 Å². The van der Waals surface area contributed by atoms with Crippen LogP contribution in [0.15, 0.2) is 29.3 Å². The molecular weight excluding hydrogens is 264 g/mol. The lowest BCUT2D eigenvalue weighted by atomic mass is 9.82. The maximum absolute atomic E-state index is 6.23. The van der Waals surface area contributed by atoms with Gasteiger partial charge in [-0.3, -0.25) is 4.99 Å². The number of nitrogens with zero attached hydrogens (tertiary/aromatic N) is 3. The molecule has 2 aliphatic heterocycles. The van der Waals surface area contributed by atoms with E-state index in [0.717, 1.165) is 37.4 Å². The van der Waals surface area contributed by atoms with Crippen molar-refractivity contribution in [2.24, 2.45) is 10.7 Å². The van der Waals surface area contributed by atoms with Crippen molar-refractivity contribution in [1.82, 2.24) is 4.90 Å². The highest BCUT2D eigenvalue weighted by Gasteiger charge is 2.47. The number of para-hydroxylation sites is 2. The van der Waals surface area contributed by atoms with Gasteiger partial charge in [0.05, 0.1) is 24.9 Å². The summed E-state index contributed by atoms with van der Waals surface area (Å²) in [5.74, 6) is 1.46. The molecule has 1 aromatic carbocycles. The van der Waals surface area contributed by atoms with Crippen LogP contribution in [0, 0.1) is 0 Å². The molecule has 2 N–H and O–H groups in total. The average molecular weight is 288 g/mol. The average Bonchev–Trinajstić information content (AvgIpc) is 2.80. The van der Waals surface area contributed by atoms with Gasteiger partial charge in [0.1, 0.15) is 5.75 Å². The fraction of sp³-hybridized carbons (Fsp3) is 0.562. The minimum absolute atomic E-state index is 0.00928. The Bertz CT molecular complexity index is 559. The van der Waals surface area contributed by atoms with Crippen LogP contribution in [-0.2, 0) is 0 Å². The summed E-state index contributed by atoms with van der Waals surface area (Å²) in [4.78, 5) is 9.16. The van der Waals surface area contributed by atoms with Crippen LogP contribution in [0.25, 0.3) is 0 Å². The van der Waals surface area contributed by atoms with E-state index >= 15 is 0 Å². The van der Waals surface area contributed by atoms with Gasteiger partial charge >= 0.3 is 0 Å². The zero-order valence-corrected chi connectivity index (χ0v) is 13.0. The predicted octanol–water partition coefficient (Wildman–Crippen LogP) is 1.68. The number of anilines is 1. The van der Waals surface area contributed by atoms with E-state index in [0.29, 0.717) is 12.0 Å². The summed E-state index contributed by atoms with van der Waals surface area (Å²) in [6.07, 6.45) is 2.13. The Morgan fingerprint density at radius 1 is 1.38 bits per heavy atom. The molecule has 3 rings (SSSR count). The van der Waals surface area contributed by atoms with Gasteiger partial charge in [0.25, 0.3) is 0 Å². The lowest BCUT2D eigenvalue weighted by Crippen LogP contribution is -2.59. The fourth-order valence-corrected chi connectivity index (χ4v) is 3.57. The molecule has 0 aromatic heterocycles. The van der Waals surface area contributed by atoms with E-state index in [1.807, 2.05) is 18.2 Å². The Labute approximate surface area is 126 Å². The molecule has 1 aromatic rings. The molecule has 1 saturated heterocycles. The molecule has 2 aliphatic rings. The minimum atomic E-state index is -0.00928. The molecule has 114 valence electrons. The number of aliphatic imine (C=N–C) groups is 1. The number of rotatable bonds is 2. The van der Waals surface area contributed by atoms with Gasteiger partial charge in [0.2, 0.25) is 0 Å². The van der Waals surface area contributed by atoms with Crippen molar-refractivity contribution < 1.29 is 4.74 Å². The summed E-state index contributed by atoms with van der Waals surface area (Å²) >= 11 is 0. The Morgan fingerprint density at radius 2 is 2.14 bits per heavy atom. The third-order valence-corrected chi connectivity index (χ3v) is 4.92. The molecule has 2 atom stereocenters. The Morgan fingerprint density at radius 3 is 2.86 bits per heavy atom. The summed E-state index contributed by atoms with van der Waals surface area (Å²) < 4.78 is 5.53. The van der Waals surface area contributed by atoms with Gasteiger partial charge in [-0.05, 0) is 38.9 Å². The Hall–Kier alpha value is -1.75. The zero-order chi connectivity index (χ0) is 15.0. The molecule has 1 spiro atoms. The van der Waals surface area contributed by atoms with E-state index in [1.165, 1.54) is 0 Å². The predicted molar refractivity (Wildman–Crippen MR) is 86.0 cm³/mol. The third kappa shape index (κ3) is 2.25. The van der Waals surface area contributed by atoms with Crippen LogP contribution >= 0.6 is 0 Å². The van der Waals surface area contributed by atoms with Crippen LogP contribution in [0.3, 0.4) is 0 Å².